The molecular weight excluding hydrogens is 343 g/mol. The van der Waals surface area contributed by atoms with E-state index in [0.29, 0.717) is 5.75 Å². The number of nitrogens with one attached hydrogen (secondary N) is 1. The summed E-state index contributed by atoms with van der Waals surface area (Å²) in [6, 6.07) is 4.21. The highest BCUT2D eigenvalue weighted by Gasteiger charge is 2.34. The number of carbonyl (C=O) groups excluding carboxylic acids is 1. The highest BCUT2D eigenvalue weighted by molar-refractivity contribution is 7.99. The first-order valence-electron chi connectivity index (χ1n) is 7.34. The Morgan fingerprint density at radius 1 is 1.38 bits per heavy atom. The fourth-order valence-corrected chi connectivity index (χ4v) is 2.74. The number of carbonyl (C=O) groups is 1. The van der Waals surface area contributed by atoms with Crippen LogP contribution in [-0.4, -0.2) is 27.7 Å². The van der Waals surface area contributed by atoms with Crippen LogP contribution in [0.3, 0.4) is 0 Å². The third kappa shape index (κ3) is 4.50. The minimum absolute atomic E-state index is 0.0320. The molecule has 1 fully saturated rings. The lowest BCUT2D eigenvalue weighted by molar-refractivity contribution is -0.141. The van der Waals surface area contributed by atoms with Crippen LogP contribution >= 0.6 is 11.8 Å². The Kier molecular flexibility index (Phi) is 4.79. The molecule has 0 saturated heterocycles. The van der Waals surface area contributed by atoms with Gasteiger partial charge in [0.15, 0.2) is 10.9 Å². The molecule has 0 radical (unpaired) electrons. The molecule has 0 aliphatic heterocycles. The molecule has 0 bridgehead atoms. The first kappa shape index (κ1) is 16.8. The number of nitrogens with zero attached hydrogens (tertiary/aromatic N) is 2. The molecule has 9 heteroatoms. The van der Waals surface area contributed by atoms with Crippen molar-refractivity contribution in [3.8, 4) is 11.5 Å². The van der Waals surface area contributed by atoms with Crippen LogP contribution in [0.4, 0.5) is 13.2 Å². The lowest BCUT2D eigenvalue weighted by Gasteiger charge is -2.09. The van der Waals surface area contributed by atoms with E-state index in [1.165, 1.54) is 12.3 Å². The standard InChI is InChI=1S/C15H14F3N3O2S/c16-15(17,18)12-8-10(11-2-1-6-23-11)20-14(21-12)24-7-5-13(22)19-9-3-4-9/h1-2,6,8-9H,3-5,7H2,(H,19,22). The average Bonchev–Trinajstić information content (AvgIpc) is 3.15. The summed E-state index contributed by atoms with van der Waals surface area (Å²) in [5, 5.41) is 2.79. The van der Waals surface area contributed by atoms with E-state index in [2.05, 4.69) is 15.3 Å². The van der Waals surface area contributed by atoms with Gasteiger partial charge >= 0.3 is 6.18 Å². The summed E-state index contributed by atoms with van der Waals surface area (Å²) < 4.78 is 44.1. The van der Waals surface area contributed by atoms with E-state index >= 15 is 0 Å². The summed E-state index contributed by atoms with van der Waals surface area (Å²) >= 11 is 1.01. The van der Waals surface area contributed by atoms with E-state index in [0.717, 1.165) is 30.7 Å². The number of amides is 1. The van der Waals surface area contributed by atoms with Crippen LogP contribution in [-0.2, 0) is 11.0 Å². The highest BCUT2D eigenvalue weighted by atomic mass is 32.2. The molecule has 1 amide bonds. The molecule has 3 rings (SSSR count). The van der Waals surface area contributed by atoms with Gasteiger partial charge in [0.2, 0.25) is 5.91 Å². The van der Waals surface area contributed by atoms with Crippen LogP contribution in [0.5, 0.6) is 0 Å². The third-order valence-corrected chi connectivity index (χ3v) is 4.12. The number of hydrogen-bond donors (Lipinski definition) is 1. The Morgan fingerprint density at radius 3 is 2.79 bits per heavy atom. The van der Waals surface area contributed by atoms with Gasteiger partial charge in [0, 0.05) is 18.2 Å². The van der Waals surface area contributed by atoms with Gasteiger partial charge in [0.05, 0.1) is 6.26 Å². The second-order valence-corrected chi connectivity index (χ2v) is 6.40. The van der Waals surface area contributed by atoms with Crippen molar-refractivity contribution in [3.05, 3.63) is 30.2 Å². The molecule has 2 heterocycles. The monoisotopic (exact) mass is 357 g/mol. The van der Waals surface area contributed by atoms with Crippen LogP contribution in [0.1, 0.15) is 25.0 Å². The van der Waals surface area contributed by atoms with Crippen LogP contribution in [0.15, 0.2) is 34.0 Å². The second kappa shape index (κ2) is 6.84. The highest BCUT2D eigenvalue weighted by Crippen LogP contribution is 2.32. The number of thioether (sulfide) groups is 1. The quantitative estimate of drug-likeness (QED) is 0.633. The van der Waals surface area contributed by atoms with Gasteiger partial charge < -0.3 is 9.73 Å². The molecular formula is C15H14F3N3O2S. The van der Waals surface area contributed by atoms with Crippen molar-refractivity contribution in [2.45, 2.75) is 36.6 Å². The summed E-state index contributed by atoms with van der Waals surface area (Å²) in [5.41, 5.74) is -0.971. The van der Waals surface area contributed by atoms with Gasteiger partial charge in [-0.25, -0.2) is 9.97 Å². The zero-order valence-corrected chi connectivity index (χ0v) is 13.3. The van der Waals surface area contributed by atoms with Crippen LogP contribution in [0.25, 0.3) is 11.5 Å². The molecule has 0 atom stereocenters. The van der Waals surface area contributed by atoms with E-state index in [9.17, 15) is 18.0 Å². The molecule has 0 spiro atoms. The Hall–Kier alpha value is -2.03. The normalized spacial score (nSPS) is 14.6. The van der Waals surface area contributed by atoms with Gasteiger partial charge in [-0.05, 0) is 31.0 Å². The van der Waals surface area contributed by atoms with Crippen LogP contribution < -0.4 is 5.32 Å². The zero-order valence-electron chi connectivity index (χ0n) is 12.5. The first-order chi connectivity index (χ1) is 11.4. The van der Waals surface area contributed by atoms with E-state index < -0.39 is 11.9 Å². The van der Waals surface area contributed by atoms with Gasteiger partial charge in [0.1, 0.15) is 11.4 Å². The topological polar surface area (TPSA) is 68.0 Å². The molecule has 2 aromatic rings. The van der Waals surface area contributed by atoms with Gasteiger partial charge in [0.25, 0.3) is 0 Å². The lowest BCUT2D eigenvalue weighted by Crippen LogP contribution is -2.25. The van der Waals surface area contributed by atoms with Crippen molar-refractivity contribution >= 4 is 17.7 Å². The summed E-state index contributed by atoms with van der Waals surface area (Å²) in [6.07, 6.45) is -1.04. The summed E-state index contributed by atoms with van der Waals surface area (Å²) in [4.78, 5) is 19.2. The SMILES string of the molecule is O=C(CCSc1nc(-c2ccco2)cc(C(F)(F)F)n1)NC1CC1. The molecule has 5 nitrogen and oxygen atoms in total. The first-order valence-corrected chi connectivity index (χ1v) is 8.33. The molecule has 1 N–H and O–H groups in total. The van der Waals surface area contributed by atoms with Gasteiger partial charge in [-0.2, -0.15) is 13.2 Å². The number of furan rings is 1. The van der Waals surface area contributed by atoms with Crippen LogP contribution in [0, 0.1) is 0 Å². The third-order valence-electron chi connectivity index (χ3n) is 3.27. The number of alkyl halides is 3. The predicted molar refractivity (Wildman–Crippen MR) is 81.2 cm³/mol. The van der Waals surface area contributed by atoms with E-state index in [1.807, 2.05) is 0 Å². The van der Waals surface area contributed by atoms with Crippen LogP contribution in [0.2, 0.25) is 0 Å². The smallest absolute Gasteiger partial charge is 0.433 e. The number of rotatable bonds is 6. The summed E-state index contributed by atoms with van der Waals surface area (Å²) in [5.74, 6) is 0.428. The van der Waals surface area contributed by atoms with Gasteiger partial charge in [-0.3, -0.25) is 4.79 Å². The molecule has 2 aromatic heterocycles. The fourth-order valence-electron chi connectivity index (χ4n) is 1.95. The Morgan fingerprint density at radius 2 is 2.17 bits per heavy atom. The van der Waals surface area contributed by atoms with E-state index in [4.69, 9.17) is 4.42 Å². The Bertz CT molecular complexity index is 715. The number of hydrogen-bond acceptors (Lipinski definition) is 5. The fraction of sp³-hybridized carbons (Fsp3) is 0.400. The van der Waals surface area contributed by atoms with Crippen molar-refractivity contribution in [2.75, 3.05) is 5.75 Å². The Balaban J connectivity index is 1.71. The lowest BCUT2D eigenvalue weighted by atomic mass is 10.2. The molecule has 1 saturated carbocycles. The average molecular weight is 357 g/mol. The van der Waals surface area contributed by atoms with Crippen molar-refractivity contribution in [1.29, 1.82) is 0 Å². The predicted octanol–water partition coefficient (Wildman–Crippen LogP) is 3.52. The van der Waals surface area contributed by atoms with Gasteiger partial charge in [-0.1, -0.05) is 11.8 Å². The number of aromatic nitrogens is 2. The Labute approximate surface area is 140 Å². The van der Waals surface area contributed by atoms with Crippen molar-refractivity contribution in [3.63, 3.8) is 0 Å². The van der Waals surface area contributed by atoms with E-state index in [-0.39, 0.29) is 35.0 Å². The maximum Gasteiger partial charge on any atom is 0.433 e. The molecule has 1 aliphatic rings. The molecule has 24 heavy (non-hydrogen) atoms. The summed E-state index contributed by atoms with van der Waals surface area (Å²) in [6.45, 7) is 0. The van der Waals surface area contributed by atoms with Crippen molar-refractivity contribution < 1.29 is 22.4 Å². The van der Waals surface area contributed by atoms with Gasteiger partial charge in [-0.15, -0.1) is 0 Å². The minimum Gasteiger partial charge on any atom is -0.463 e. The maximum atomic E-state index is 13.0. The molecule has 0 aromatic carbocycles. The summed E-state index contributed by atoms with van der Waals surface area (Å²) in [7, 11) is 0. The molecule has 128 valence electrons. The van der Waals surface area contributed by atoms with E-state index in [1.54, 1.807) is 6.07 Å². The zero-order chi connectivity index (χ0) is 17.2. The van der Waals surface area contributed by atoms with Crippen molar-refractivity contribution in [2.24, 2.45) is 0 Å². The maximum absolute atomic E-state index is 13.0. The van der Waals surface area contributed by atoms with Crippen molar-refractivity contribution in [1.82, 2.24) is 15.3 Å². The molecule has 1 aliphatic carbocycles. The molecule has 0 unspecified atom stereocenters. The second-order valence-electron chi connectivity index (χ2n) is 5.34. The number of halogens is 3. The largest absolute Gasteiger partial charge is 0.463 e. The minimum atomic E-state index is -4.58.